The molecule has 2 fully saturated rings. The van der Waals surface area contributed by atoms with Crippen molar-refractivity contribution in [1.82, 2.24) is 10.3 Å². The molecule has 1 saturated carbocycles. The van der Waals surface area contributed by atoms with E-state index in [0.29, 0.717) is 6.54 Å². The van der Waals surface area contributed by atoms with Crippen molar-refractivity contribution in [3.8, 4) is 0 Å². The van der Waals surface area contributed by atoms with Crippen LogP contribution in [0.4, 0.5) is 11.5 Å². The van der Waals surface area contributed by atoms with Gasteiger partial charge < -0.3 is 15.5 Å². The molecule has 1 amide bonds. The van der Waals surface area contributed by atoms with E-state index in [4.69, 9.17) is 0 Å². The molecule has 3 rings (SSSR count). The summed E-state index contributed by atoms with van der Waals surface area (Å²) < 4.78 is 0. The zero-order valence-corrected chi connectivity index (χ0v) is 11.8. The zero-order chi connectivity index (χ0) is 13.8. The highest BCUT2D eigenvalue weighted by Gasteiger charge is 2.21. The number of rotatable bonds is 6. The number of amides is 1. The Hall–Kier alpha value is -1.62. The van der Waals surface area contributed by atoms with Crippen LogP contribution in [0.1, 0.15) is 25.7 Å². The van der Waals surface area contributed by atoms with Gasteiger partial charge in [-0.1, -0.05) is 0 Å². The van der Waals surface area contributed by atoms with Crippen molar-refractivity contribution >= 4 is 17.4 Å². The number of nitrogens with zero attached hydrogens (tertiary/aromatic N) is 2. The van der Waals surface area contributed by atoms with E-state index >= 15 is 0 Å². The van der Waals surface area contributed by atoms with Crippen LogP contribution in [0.3, 0.4) is 0 Å². The first-order chi connectivity index (χ1) is 9.83. The first-order valence-electron chi connectivity index (χ1n) is 7.53. The molecule has 2 aliphatic rings. The van der Waals surface area contributed by atoms with Crippen LogP contribution in [0.2, 0.25) is 0 Å². The van der Waals surface area contributed by atoms with Gasteiger partial charge in [-0.25, -0.2) is 4.98 Å². The Morgan fingerprint density at radius 3 is 2.90 bits per heavy atom. The monoisotopic (exact) mass is 274 g/mol. The van der Waals surface area contributed by atoms with E-state index in [-0.39, 0.29) is 5.91 Å². The van der Waals surface area contributed by atoms with E-state index in [2.05, 4.69) is 20.5 Å². The lowest BCUT2D eigenvalue weighted by molar-refractivity contribution is -0.115. The third-order valence-corrected chi connectivity index (χ3v) is 3.88. The number of hydrogen-bond acceptors (Lipinski definition) is 4. The minimum Gasteiger partial charge on any atom is -0.355 e. The number of aromatic nitrogens is 1. The molecule has 5 nitrogen and oxygen atoms in total. The second-order valence-corrected chi connectivity index (χ2v) is 5.69. The SMILES string of the molecule is O=C(CNCC1CC1)Nc1cccnc1N1CCCC1. The fourth-order valence-corrected chi connectivity index (χ4v) is 2.58. The average molecular weight is 274 g/mol. The molecule has 1 aromatic rings. The van der Waals surface area contributed by atoms with Crippen LogP contribution in [0, 0.1) is 5.92 Å². The summed E-state index contributed by atoms with van der Waals surface area (Å²) in [7, 11) is 0. The number of carbonyl (C=O) groups is 1. The van der Waals surface area contributed by atoms with Gasteiger partial charge in [0.1, 0.15) is 0 Å². The van der Waals surface area contributed by atoms with Crippen LogP contribution in [-0.4, -0.2) is 37.1 Å². The van der Waals surface area contributed by atoms with Gasteiger partial charge in [-0.2, -0.15) is 0 Å². The third kappa shape index (κ3) is 3.48. The fourth-order valence-electron chi connectivity index (χ4n) is 2.58. The predicted molar refractivity (Wildman–Crippen MR) is 79.9 cm³/mol. The highest BCUT2D eigenvalue weighted by atomic mass is 16.1. The van der Waals surface area contributed by atoms with Crippen LogP contribution < -0.4 is 15.5 Å². The van der Waals surface area contributed by atoms with Gasteiger partial charge in [-0.3, -0.25) is 4.79 Å². The van der Waals surface area contributed by atoms with Gasteiger partial charge in [-0.05, 0) is 50.3 Å². The van der Waals surface area contributed by atoms with Crippen molar-refractivity contribution in [2.75, 3.05) is 36.4 Å². The Bertz CT molecular complexity index is 467. The van der Waals surface area contributed by atoms with Crippen LogP contribution in [0.25, 0.3) is 0 Å². The molecule has 0 bridgehead atoms. The van der Waals surface area contributed by atoms with E-state index in [1.165, 1.54) is 25.7 Å². The molecular formula is C15H22N4O. The Balaban J connectivity index is 1.56. The molecule has 0 atom stereocenters. The number of pyridine rings is 1. The first kappa shape index (κ1) is 13.4. The summed E-state index contributed by atoms with van der Waals surface area (Å²) in [6.45, 7) is 3.39. The molecule has 1 aromatic heterocycles. The van der Waals surface area contributed by atoms with Gasteiger partial charge in [0, 0.05) is 19.3 Å². The van der Waals surface area contributed by atoms with Crippen LogP contribution in [0.5, 0.6) is 0 Å². The van der Waals surface area contributed by atoms with Crippen LogP contribution >= 0.6 is 0 Å². The van der Waals surface area contributed by atoms with Crippen molar-refractivity contribution in [1.29, 1.82) is 0 Å². The quantitative estimate of drug-likeness (QED) is 0.827. The van der Waals surface area contributed by atoms with Crippen molar-refractivity contribution in [2.45, 2.75) is 25.7 Å². The summed E-state index contributed by atoms with van der Waals surface area (Å²) in [6, 6.07) is 3.80. The lowest BCUT2D eigenvalue weighted by atomic mass is 10.3. The van der Waals surface area contributed by atoms with E-state index in [1.807, 2.05) is 12.1 Å². The maximum absolute atomic E-state index is 12.0. The number of carbonyl (C=O) groups excluding carboxylic acids is 1. The zero-order valence-electron chi connectivity index (χ0n) is 11.8. The van der Waals surface area contributed by atoms with Gasteiger partial charge in [0.25, 0.3) is 0 Å². The Morgan fingerprint density at radius 2 is 2.15 bits per heavy atom. The van der Waals surface area contributed by atoms with Gasteiger partial charge in [0.2, 0.25) is 5.91 Å². The molecule has 2 heterocycles. The normalized spacial score (nSPS) is 18.3. The van der Waals surface area contributed by atoms with E-state index in [1.54, 1.807) is 6.20 Å². The van der Waals surface area contributed by atoms with Gasteiger partial charge in [-0.15, -0.1) is 0 Å². The van der Waals surface area contributed by atoms with Gasteiger partial charge >= 0.3 is 0 Å². The highest BCUT2D eigenvalue weighted by molar-refractivity contribution is 5.94. The van der Waals surface area contributed by atoms with Crippen LogP contribution in [-0.2, 0) is 4.79 Å². The summed E-state index contributed by atoms with van der Waals surface area (Å²) >= 11 is 0. The van der Waals surface area contributed by atoms with Crippen molar-refractivity contribution < 1.29 is 4.79 Å². The van der Waals surface area contributed by atoms with Crippen molar-refractivity contribution in [3.63, 3.8) is 0 Å². The Morgan fingerprint density at radius 1 is 1.35 bits per heavy atom. The standard InChI is InChI=1S/C15H22N4O/c20-14(11-16-10-12-5-6-12)18-13-4-3-7-17-15(13)19-8-1-2-9-19/h3-4,7,12,16H,1-2,5-6,8-11H2,(H,18,20). The van der Waals surface area contributed by atoms with E-state index in [9.17, 15) is 4.79 Å². The predicted octanol–water partition coefficient (Wildman–Crippen LogP) is 1.62. The summed E-state index contributed by atoms with van der Waals surface area (Å²) in [5, 5.41) is 6.19. The average Bonchev–Trinajstić information content (AvgIpc) is 3.11. The minimum atomic E-state index is 0.0131. The molecule has 1 saturated heterocycles. The maximum Gasteiger partial charge on any atom is 0.238 e. The second kappa shape index (κ2) is 6.22. The van der Waals surface area contributed by atoms with Crippen LogP contribution in [0.15, 0.2) is 18.3 Å². The molecule has 0 spiro atoms. The summed E-state index contributed by atoms with van der Waals surface area (Å²) in [6.07, 6.45) is 6.79. The van der Waals surface area contributed by atoms with Gasteiger partial charge in [0.05, 0.1) is 12.2 Å². The lowest BCUT2D eigenvalue weighted by Gasteiger charge is -2.20. The fraction of sp³-hybridized carbons (Fsp3) is 0.600. The third-order valence-electron chi connectivity index (χ3n) is 3.88. The highest BCUT2D eigenvalue weighted by Crippen LogP contribution is 2.27. The van der Waals surface area contributed by atoms with E-state index < -0.39 is 0 Å². The largest absolute Gasteiger partial charge is 0.355 e. The molecule has 0 unspecified atom stereocenters. The van der Waals surface area contributed by atoms with Gasteiger partial charge in [0.15, 0.2) is 5.82 Å². The molecule has 0 radical (unpaired) electrons. The Labute approximate surface area is 119 Å². The molecule has 20 heavy (non-hydrogen) atoms. The summed E-state index contributed by atoms with van der Waals surface area (Å²) in [5.74, 6) is 1.71. The molecule has 108 valence electrons. The minimum absolute atomic E-state index is 0.0131. The first-order valence-corrected chi connectivity index (χ1v) is 7.53. The smallest absolute Gasteiger partial charge is 0.238 e. The molecule has 2 N–H and O–H groups in total. The number of hydrogen-bond donors (Lipinski definition) is 2. The topological polar surface area (TPSA) is 57.3 Å². The molecule has 1 aliphatic carbocycles. The van der Waals surface area contributed by atoms with Crippen molar-refractivity contribution in [3.05, 3.63) is 18.3 Å². The van der Waals surface area contributed by atoms with E-state index in [0.717, 1.165) is 37.1 Å². The summed E-state index contributed by atoms with van der Waals surface area (Å²) in [5.41, 5.74) is 0.827. The second-order valence-electron chi connectivity index (χ2n) is 5.69. The number of nitrogens with one attached hydrogen (secondary N) is 2. The molecular weight excluding hydrogens is 252 g/mol. The lowest BCUT2D eigenvalue weighted by Crippen LogP contribution is -2.30. The molecule has 0 aromatic carbocycles. The number of anilines is 2. The summed E-state index contributed by atoms with van der Waals surface area (Å²) in [4.78, 5) is 18.6. The van der Waals surface area contributed by atoms with Crippen molar-refractivity contribution in [2.24, 2.45) is 5.92 Å². The molecule has 5 heteroatoms. The Kier molecular flexibility index (Phi) is 4.16. The maximum atomic E-state index is 12.0. The molecule has 1 aliphatic heterocycles.